The van der Waals surface area contributed by atoms with E-state index in [-0.39, 0.29) is 12.2 Å². The first-order chi connectivity index (χ1) is 13.1. The Kier molecular flexibility index (Phi) is 6.37. The van der Waals surface area contributed by atoms with Crippen molar-refractivity contribution in [3.63, 3.8) is 0 Å². The summed E-state index contributed by atoms with van der Waals surface area (Å²) in [5.74, 6) is 1.13. The maximum absolute atomic E-state index is 11.5. The Hall–Kier alpha value is -2.94. The summed E-state index contributed by atoms with van der Waals surface area (Å²) in [5, 5.41) is 4.75. The zero-order valence-corrected chi connectivity index (χ0v) is 15.4. The molecule has 1 saturated heterocycles. The molecular formula is C18H23N5O4. The van der Waals surface area contributed by atoms with Gasteiger partial charge in [-0.2, -0.15) is 0 Å². The zero-order valence-electron chi connectivity index (χ0n) is 15.4. The molecular weight excluding hydrogens is 350 g/mol. The number of anilines is 2. The fraction of sp³-hybridized carbons (Fsp3) is 0.444. The number of carbonyl (C=O) groups excluding carboxylic acids is 1. The van der Waals surface area contributed by atoms with Crippen molar-refractivity contribution in [3.8, 4) is 5.88 Å². The summed E-state index contributed by atoms with van der Waals surface area (Å²) in [6, 6.07) is 5.49. The van der Waals surface area contributed by atoms with E-state index in [1.165, 1.54) is 6.33 Å². The number of carbonyl (C=O) groups is 1. The van der Waals surface area contributed by atoms with Gasteiger partial charge in [-0.3, -0.25) is 4.98 Å². The van der Waals surface area contributed by atoms with Gasteiger partial charge in [0.15, 0.2) is 0 Å². The minimum Gasteiger partial charge on any atom is -0.474 e. The van der Waals surface area contributed by atoms with E-state index in [0.717, 1.165) is 5.69 Å². The van der Waals surface area contributed by atoms with E-state index in [4.69, 9.17) is 14.3 Å². The van der Waals surface area contributed by atoms with Crippen LogP contribution < -0.4 is 10.1 Å². The van der Waals surface area contributed by atoms with Crippen molar-refractivity contribution < 1.29 is 19.1 Å². The van der Waals surface area contributed by atoms with Crippen LogP contribution in [0.15, 0.2) is 36.9 Å². The second kappa shape index (κ2) is 9.13. The third-order valence-electron chi connectivity index (χ3n) is 3.80. The number of hydrogen-bond acceptors (Lipinski definition) is 9. The molecule has 3 rings (SSSR count). The molecule has 2 aromatic rings. The van der Waals surface area contributed by atoms with E-state index in [9.17, 15) is 4.79 Å². The topological polar surface area (TPSA) is 98.7 Å². The Morgan fingerprint density at radius 1 is 1.30 bits per heavy atom. The highest BCUT2D eigenvalue weighted by atomic mass is 16.8. The lowest BCUT2D eigenvalue weighted by Gasteiger charge is -2.30. The highest BCUT2D eigenvalue weighted by Gasteiger charge is 2.24. The van der Waals surface area contributed by atoms with Crippen LogP contribution in [-0.2, 0) is 9.57 Å². The molecule has 144 valence electrons. The monoisotopic (exact) mass is 373 g/mol. The van der Waals surface area contributed by atoms with Crippen molar-refractivity contribution in [2.45, 2.75) is 38.9 Å². The maximum atomic E-state index is 11.5. The van der Waals surface area contributed by atoms with Crippen LogP contribution in [-0.4, -0.2) is 51.5 Å². The average molecular weight is 373 g/mol. The molecule has 0 saturated carbocycles. The van der Waals surface area contributed by atoms with Crippen LogP contribution in [0.25, 0.3) is 0 Å². The molecule has 0 bridgehead atoms. The third-order valence-corrected chi connectivity index (χ3v) is 3.80. The zero-order chi connectivity index (χ0) is 19.1. The molecule has 3 heterocycles. The van der Waals surface area contributed by atoms with Gasteiger partial charge >= 0.3 is 6.16 Å². The van der Waals surface area contributed by atoms with Crippen LogP contribution in [0.2, 0.25) is 0 Å². The second-order valence-corrected chi connectivity index (χ2v) is 6.36. The van der Waals surface area contributed by atoms with Gasteiger partial charge in [-0.05, 0) is 26.0 Å². The molecule has 1 fully saturated rings. The van der Waals surface area contributed by atoms with Crippen LogP contribution in [0.5, 0.6) is 5.88 Å². The van der Waals surface area contributed by atoms with Gasteiger partial charge in [0.05, 0.1) is 18.0 Å². The van der Waals surface area contributed by atoms with Gasteiger partial charge in [0.2, 0.25) is 5.88 Å². The molecule has 2 aromatic heterocycles. The molecule has 0 spiro atoms. The number of nitrogens with zero attached hydrogens (tertiary/aromatic N) is 4. The lowest BCUT2D eigenvalue weighted by molar-refractivity contribution is -0.151. The smallest absolute Gasteiger partial charge is 0.474 e. The minimum absolute atomic E-state index is 0.00730. The number of piperidine rings is 1. The Balaban J connectivity index is 1.48. The first kappa shape index (κ1) is 18.8. The first-order valence-electron chi connectivity index (χ1n) is 8.88. The summed E-state index contributed by atoms with van der Waals surface area (Å²) in [4.78, 5) is 29.1. The molecule has 0 amide bonds. The van der Waals surface area contributed by atoms with Crippen LogP contribution in [0.4, 0.5) is 16.3 Å². The fourth-order valence-electron chi connectivity index (χ4n) is 2.59. The van der Waals surface area contributed by atoms with Crippen molar-refractivity contribution in [2.24, 2.45) is 0 Å². The Labute approximate surface area is 157 Å². The van der Waals surface area contributed by atoms with E-state index >= 15 is 0 Å². The highest BCUT2D eigenvalue weighted by molar-refractivity contribution is 5.59. The fourth-order valence-corrected chi connectivity index (χ4v) is 2.59. The van der Waals surface area contributed by atoms with Gasteiger partial charge in [0.1, 0.15) is 18.2 Å². The third kappa shape index (κ3) is 6.07. The number of rotatable bonds is 6. The predicted molar refractivity (Wildman–Crippen MR) is 97.5 cm³/mol. The maximum Gasteiger partial charge on any atom is 0.528 e. The molecule has 0 aliphatic carbocycles. The molecule has 0 unspecified atom stereocenters. The van der Waals surface area contributed by atoms with E-state index in [0.29, 0.717) is 37.6 Å². The van der Waals surface area contributed by atoms with Gasteiger partial charge in [-0.1, -0.05) is 0 Å². The molecule has 9 nitrogen and oxygen atoms in total. The first-order valence-corrected chi connectivity index (χ1v) is 8.88. The number of nitrogens with one attached hydrogen (secondary N) is 1. The number of hydroxylamine groups is 2. The van der Waals surface area contributed by atoms with Crippen molar-refractivity contribution in [1.82, 2.24) is 20.0 Å². The van der Waals surface area contributed by atoms with Crippen LogP contribution in [0, 0.1) is 0 Å². The quantitative estimate of drug-likeness (QED) is 0.766. The molecule has 0 atom stereocenters. The Morgan fingerprint density at radius 2 is 2.11 bits per heavy atom. The largest absolute Gasteiger partial charge is 0.528 e. The summed E-state index contributed by atoms with van der Waals surface area (Å²) < 4.78 is 10.9. The van der Waals surface area contributed by atoms with Crippen molar-refractivity contribution in [2.75, 3.05) is 18.4 Å². The summed E-state index contributed by atoms with van der Waals surface area (Å²) >= 11 is 0. The Morgan fingerprint density at radius 3 is 2.81 bits per heavy atom. The van der Waals surface area contributed by atoms with Gasteiger partial charge < -0.3 is 19.6 Å². The van der Waals surface area contributed by atoms with Crippen molar-refractivity contribution in [1.29, 1.82) is 0 Å². The molecule has 1 aliphatic rings. The van der Waals surface area contributed by atoms with E-state index in [2.05, 4.69) is 20.3 Å². The summed E-state index contributed by atoms with van der Waals surface area (Å²) in [5.41, 5.74) is 0.834. The van der Waals surface area contributed by atoms with Crippen LogP contribution in [0.3, 0.4) is 0 Å². The highest BCUT2D eigenvalue weighted by Crippen LogP contribution is 2.21. The minimum atomic E-state index is -0.675. The van der Waals surface area contributed by atoms with Gasteiger partial charge in [-0.15, -0.1) is 5.06 Å². The van der Waals surface area contributed by atoms with Gasteiger partial charge in [0.25, 0.3) is 0 Å². The number of ether oxygens (including phenoxy) is 2. The van der Waals surface area contributed by atoms with Crippen molar-refractivity contribution in [3.05, 3.63) is 36.9 Å². The Bertz CT molecular complexity index is 736. The standard InChI is InChI=1S/C18H23N5O4/c1-13(2)25-18(24)27-23-8-5-15(6-9-23)26-17-10-16(20-12-21-17)22-14-4-3-7-19-11-14/h3-4,7,10-13,15H,5-6,8-9H2,1-2H3,(H,20,21,22). The van der Waals surface area contributed by atoms with Crippen molar-refractivity contribution >= 4 is 17.7 Å². The SMILES string of the molecule is CC(C)OC(=O)ON1CCC(Oc2cc(Nc3cccnc3)ncn2)CC1. The van der Waals surface area contributed by atoms with Crippen LogP contribution >= 0.6 is 0 Å². The molecule has 27 heavy (non-hydrogen) atoms. The number of aromatic nitrogens is 3. The lowest BCUT2D eigenvalue weighted by atomic mass is 10.1. The molecule has 1 N–H and O–H groups in total. The normalized spacial score (nSPS) is 15.4. The summed E-state index contributed by atoms with van der Waals surface area (Å²) in [6.45, 7) is 4.70. The van der Waals surface area contributed by atoms with E-state index in [1.807, 2.05) is 12.1 Å². The van der Waals surface area contributed by atoms with E-state index in [1.54, 1.807) is 37.4 Å². The second-order valence-electron chi connectivity index (χ2n) is 6.36. The summed E-state index contributed by atoms with van der Waals surface area (Å²) in [6.07, 6.45) is 5.41. The number of hydrogen-bond donors (Lipinski definition) is 1. The lowest BCUT2D eigenvalue weighted by Crippen LogP contribution is -2.40. The van der Waals surface area contributed by atoms with E-state index < -0.39 is 6.16 Å². The summed E-state index contributed by atoms with van der Waals surface area (Å²) in [7, 11) is 0. The molecule has 9 heteroatoms. The molecule has 0 radical (unpaired) electrons. The van der Waals surface area contributed by atoms with Gasteiger partial charge in [0, 0.05) is 38.2 Å². The van der Waals surface area contributed by atoms with Gasteiger partial charge in [-0.25, -0.2) is 14.8 Å². The van der Waals surface area contributed by atoms with Crippen LogP contribution in [0.1, 0.15) is 26.7 Å². The molecule has 1 aliphatic heterocycles. The number of pyridine rings is 1. The average Bonchev–Trinajstić information content (AvgIpc) is 2.64. The predicted octanol–water partition coefficient (Wildman–Crippen LogP) is 2.94. The molecule has 0 aromatic carbocycles.